The third-order valence-electron chi connectivity index (χ3n) is 7.91. The monoisotopic (exact) mass is 534 g/mol. The van der Waals surface area contributed by atoms with E-state index in [1.54, 1.807) is 0 Å². The molecule has 2 aromatic heterocycles. The molecule has 0 aliphatic rings. The van der Waals surface area contributed by atoms with E-state index in [9.17, 15) is 5.26 Å². The summed E-state index contributed by atoms with van der Waals surface area (Å²) in [6.45, 7) is 13.3. The van der Waals surface area contributed by atoms with E-state index in [1.807, 2.05) is 42.6 Å². The third-order valence-corrected chi connectivity index (χ3v) is 7.91. The molecule has 0 N–H and O–H groups in total. The molecule has 3 heteroatoms. The molecule has 41 heavy (non-hydrogen) atoms. The number of pyridine rings is 1. The van der Waals surface area contributed by atoms with Gasteiger partial charge in [0.2, 0.25) is 0 Å². The van der Waals surface area contributed by atoms with Crippen LogP contribution in [0.4, 0.5) is 0 Å². The Kier molecular flexibility index (Phi) is 6.31. The summed E-state index contributed by atoms with van der Waals surface area (Å²) in [5.74, 6) is 0. The summed E-state index contributed by atoms with van der Waals surface area (Å²) in [5, 5.41) is 12.3. The Hall–Kier alpha value is -4.68. The molecule has 0 fully saturated rings. The molecule has 3 nitrogen and oxygen atoms in total. The fourth-order valence-corrected chi connectivity index (χ4v) is 5.66. The molecule has 6 rings (SSSR count). The van der Waals surface area contributed by atoms with Crippen molar-refractivity contribution in [2.45, 2.75) is 52.4 Å². The Bertz CT molecular complexity index is 1940. The molecule has 6 aromatic rings. The second-order valence-corrected chi connectivity index (χ2v) is 12.8. The van der Waals surface area contributed by atoms with Gasteiger partial charge in [0.1, 0.15) is 17.2 Å². The van der Waals surface area contributed by atoms with Crippen LogP contribution in [0.5, 0.6) is 0 Å². The van der Waals surface area contributed by atoms with Crippen LogP contribution in [0.25, 0.3) is 55.4 Å². The number of aromatic nitrogens is 1. The van der Waals surface area contributed by atoms with Gasteiger partial charge in [0.25, 0.3) is 0 Å². The van der Waals surface area contributed by atoms with Crippen LogP contribution in [0.2, 0.25) is 0 Å². The highest BCUT2D eigenvalue weighted by atomic mass is 16.3. The topological polar surface area (TPSA) is 49.8 Å². The van der Waals surface area contributed by atoms with Crippen LogP contribution in [0.15, 0.2) is 102 Å². The molecule has 0 aliphatic carbocycles. The van der Waals surface area contributed by atoms with Crippen LogP contribution in [0.1, 0.15) is 58.2 Å². The average molecular weight is 535 g/mol. The van der Waals surface area contributed by atoms with E-state index in [0.29, 0.717) is 11.1 Å². The number of benzene rings is 4. The van der Waals surface area contributed by atoms with Crippen molar-refractivity contribution in [2.24, 2.45) is 0 Å². The molecule has 202 valence electrons. The molecule has 0 saturated heterocycles. The number of nitriles is 1. The molecule has 0 saturated carbocycles. The smallest absolute Gasteiger partial charge is 0.153 e. The summed E-state index contributed by atoms with van der Waals surface area (Å²) >= 11 is 0. The van der Waals surface area contributed by atoms with Gasteiger partial charge in [0.05, 0.1) is 5.69 Å². The lowest BCUT2D eigenvalue weighted by molar-refractivity contribution is 0.590. The number of fused-ring (bicyclic) bond motifs is 3. The number of hydrogen-bond donors (Lipinski definition) is 0. The predicted molar refractivity (Wildman–Crippen MR) is 170 cm³/mol. The van der Waals surface area contributed by atoms with Crippen LogP contribution in [0, 0.1) is 11.3 Å². The summed E-state index contributed by atoms with van der Waals surface area (Å²) < 4.78 is 6.69. The number of furan rings is 1. The average Bonchev–Trinajstić information content (AvgIpc) is 3.35. The summed E-state index contributed by atoms with van der Waals surface area (Å²) in [6.07, 6.45) is 1.86. The van der Waals surface area contributed by atoms with Crippen LogP contribution in [0.3, 0.4) is 0 Å². The lowest BCUT2D eigenvalue weighted by Gasteiger charge is -2.21. The van der Waals surface area contributed by atoms with Crippen molar-refractivity contribution in [3.8, 4) is 39.6 Å². The largest absolute Gasteiger partial charge is 0.454 e. The van der Waals surface area contributed by atoms with Crippen molar-refractivity contribution in [1.82, 2.24) is 4.98 Å². The minimum atomic E-state index is -0.122. The standard InChI is InChI=1S/C38H34N2O/c1-37(2,3)27-14-12-24(13-15-27)26-20-21-40-33(22-26)29-18-19-32(38(4,5)6)34-30-17-16-28(25-10-8-7-9-11-25)31(23-39)35(30)41-36(29)34/h7-22H,1-6H3. The Balaban J connectivity index is 1.58. The lowest BCUT2D eigenvalue weighted by Crippen LogP contribution is -2.11. The van der Waals surface area contributed by atoms with Crippen LogP contribution >= 0.6 is 0 Å². The first-order chi connectivity index (χ1) is 19.6. The molecule has 0 spiro atoms. The summed E-state index contributed by atoms with van der Waals surface area (Å²) in [7, 11) is 0. The van der Waals surface area contributed by atoms with Crippen LogP contribution in [-0.2, 0) is 10.8 Å². The van der Waals surface area contributed by atoms with Gasteiger partial charge in [-0.05, 0) is 62.9 Å². The zero-order valence-corrected chi connectivity index (χ0v) is 24.5. The Morgan fingerprint density at radius 1 is 0.659 bits per heavy atom. The first-order valence-electron chi connectivity index (χ1n) is 14.1. The molecule has 2 heterocycles. The van der Waals surface area contributed by atoms with Crippen LogP contribution in [-0.4, -0.2) is 4.98 Å². The van der Waals surface area contributed by atoms with Crippen molar-refractivity contribution in [3.63, 3.8) is 0 Å². The number of rotatable bonds is 3. The zero-order chi connectivity index (χ0) is 28.9. The van der Waals surface area contributed by atoms with E-state index in [4.69, 9.17) is 9.40 Å². The molecule has 0 bridgehead atoms. The van der Waals surface area contributed by atoms with Gasteiger partial charge >= 0.3 is 0 Å². The highest BCUT2D eigenvalue weighted by Gasteiger charge is 2.25. The van der Waals surface area contributed by atoms with Crippen molar-refractivity contribution in [3.05, 3.63) is 114 Å². The van der Waals surface area contributed by atoms with E-state index in [0.717, 1.165) is 49.9 Å². The van der Waals surface area contributed by atoms with E-state index >= 15 is 0 Å². The molecule has 0 amide bonds. The van der Waals surface area contributed by atoms with Crippen molar-refractivity contribution < 1.29 is 4.42 Å². The minimum absolute atomic E-state index is 0.103. The quantitative estimate of drug-likeness (QED) is 0.227. The fourth-order valence-electron chi connectivity index (χ4n) is 5.66. The van der Waals surface area contributed by atoms with E-state index in [2.05, 4.69) is 102 Å². The molecule has 4 aromatic carbocycles. The Morgan fingerprint density at radius 3 is 2.02 bits per heavy atom. The second kappa shape index (κ2) is 9.75. The van der Waals surface area contributed by atoms with Crippen molar-refractivity contribution >= 4 is 21.9 Å². The second-order valence-electron chi connectivity index (χ2n) is 12.8. The predicted octanol–water partition coefficient (Wildman–Crippen LogP) is 10.4. The van der Waals surface area contributed by atoms with E-state index < -0.39 is 0 Å². The minimum Gasteiger partial charge on any atom is -0.454 e. The van der Waals surface area contributed by atoms with Gasteiger partial charge in [-0.15, -0.1) is 0 Å². The SMILES string of the molecule is CC(C)(C)c1ccc(-c2ccnc(-c3ccc(C(C)(C)C)c4c3oc3c(C#N)c(-c5ccccc5)ccc34)c2)cc1. The summed E-state index contributed by atoms with van der Waals surface area (Å²) in [5.41, 5.74) is 10.3. The van der Waals surface area contributed by atoms with Gasteiger partial charge in [-0.1, -0.05) is 108 Å². The molecular formula is C38H34N2O. The third kappa shape index (κ3) is 4.70. The molecule has 0 aliphatic heterocycles. The Morgan fingerprint density at radius 2 is 1.37 bits per heavy atom. The van der Waals surface area contributed by atoms with Gasteiger partial charge < -0.3 is 4.42 Å². The van der Waals surface area contributed by atoms with Crippen molar-refractivity contribution in [2.75, 3.05) is 0 Å². The maximum absolute atomic E-state index is 10.3. The van der Waals surface area contributed by atoms with Crippen molar-refractivity contribution in [1.29, 1.82) is 5.26 Å². The fraction of sp³-hybridized carbons (Fsp3) is 0.211. The molecular weight excluding hydrogens is 500 g/mol. The van der Waals surface area contributed by atoms with Gasteiger partial charge in [0, 0.05) is 28.1 Å². The summed E-state index contributed by atoms with van der Waals surface area (Å²) in [6, 6.07) is 33.9. The maximum atomic E-state index is 10.3. The van der Waals surface area contributed by atoms with Crippen LogP contribution < -0.4 is 0 Å². The van der Waals surface area contributed by atoms with Gasteiger partial charge in [-0.3, -0.25) is 4.98 Å². The van der Waals surface area contributed by atoms with Gasteiger partial charge in [0.15, 0.2) is 5.58 Å². The lowest BCUT2D eigenvalue weighted by atomic mass is 9.83. The molecule has 0 unspecified atom stereocenters. The zero-order valence-electron chi connectivity index (χ0n) is 24.5. The normalized spacial score (nSPS) is 12.1. The van der Waals surface area contributed by atoms with E-state index in [1.165, 1.54) is 11.1 Å². The first kappa shape index (κ1) is 26.5. The highest BCUT2D eigenvalue weighted by molar-refractivity contribution is 6.13. The van der Waals surface area contributed by atoms with Gasteiger partial charge in [-0.2, -0.15) is 5.26 Å². The molecule has 0 radical (unpaired) electrons. The number of nitrogens with zero attached hydrogens (tertiary/aromatic N) is 2. The van der Waals surface area contributed by atoms with E-state index in [-0.39, 0.29) is 10.8 Å². The molecule has 0 atom stereocenters. The Labute approximate surface area is 242 Å². The maximum Gasteiger partial charge on any atom is 0.153 e. The highest BCUT2D eigenvalue weighted by Crippen LogP contribution is 2.44. The number of hydrogen-bond acceptors (Lipinski definition) is 3. The van der Waals surface area contributed by atoms with Gasteiger partial charge in [-0.25, -0.2) is 0 Å². The summed E-state index contributed by atoms with van der Waals surface area (Å²) in [4.78, 5) is 4.79. The first-order valence-corrected chi connectivity index (χ1v) is 14.1.